The summed E-state index contributed by atoms with van der Waals surface area (Å²) in [4.78, 5) is 48.6. The first-order chi connectivity index (χ1) is 27.4. The van der Waals surface area contributed by atoms with E-state index in [1.165, 1.54) is 0 Å². The van der Waals surface area contributed by atoms with Gasteiger partial charge in [-0.25, -0.2) is 0 Å². The number of ether oxygens (including phenoxy) is 3. The lowest BCUT2D eigenvalue weighted by Gasteiger charge is -2.25. The molecule has 296 valence electrons. The zero-order chi connectivity index (χ0) is 40.9. The summed E-state index contributed by atoms with van der Waals surface area (Å²) >= 11 is 0. The van der Waals surface area contributed by atoms with Gasteiger partial charge >= 0.3 is 23.9 Å². The van der Waals surface area contributed by atoms with Crippen LogP contribution in [0.5, 0.6) is 17.2 Å². The first kappa shape index (κ1) is 40.8. The summed E-state index contributed by atoms with van der Waals surface area (Å²) in [6.07, 6.45) is 3.65. The van der Waals surface area contributed by atoms with Crippen LogP contribution in [0.4, 0.5) is 11.4 Å². The number of benzene rings is 4. The molecule has 1 aromatic heterocycles. The number of carboxylic acid groups (broad SMARTS) is 4. The molecule has 0 bridgehead atoms. The van der Waals surface area contributed by atoms with Crippen LogP contribution in [0.1, 0.15) is 23.6 Å². The smallest absolute Gasteiger partial charge is 0.323 e. The van der Waals surface area contributed by atoms with Crippen molar-refractivity contribution in [1.29, 1.82) is 0 Å². The molecule has 0 aliphatic rings. The van der Waals surface area contributed by atoms with Crippen molar-refractivity contribution in [3.63, 3.8) is 0 Å². The van der Waals surface area contributed by atoms with E-state index in [9.17, 15) is 39.6 Å². The molecule has 0 saturated carbocycles. The van der Waals surface area contributed by atoms with E-state index in [2.05, 4.69) is 10.2 Å². The number of carbonyl (C=O) groups is 4. The molecule has 0 aliphatic heterocycles. The van der Waals surface area contributed by atoms with E-state index in [0.717, 1.165) is 32.2 Å². The zero-order valence-corrected chi connectivity index (χ0v) is 31.0. The van der Waals surface area contributed by atoms with E-state index in [4.69, 9.17) is 18.6 Å². The van der Waals surface area contributed by atoms with Crippen molar-refractivity contribution in [3.8, 4) is 40.2 Å². The highest BCUT2D eigenvalue weighted by Gasteiger charge is 2.21. The molecule has 16 heteroatoms. The number of aromatic nitrogens is 2. The molecule has 4 aromatic carbocycles. The number of hydrogen-bond donors (Lipinski definition) is 4. The second kappa shape index (κ2) is 19.3. The Kier molecular flexibility index (Phi) is 13.8. The number of rotatable bonds is 21. The summed E-state index contributed by atoms with van der Waals surface area (Å²) in [7, 11) is 0. The molecule has 16 nitrogen and oxygen atoms in total. The maximum Gasteiger partial charge on any atom is 0.323 e. The Balaban J connectivity index is 1.32. The molecule has 5 aromatic rings. The number of aliphatic carboxylic acids is 4. The third kappa shape index (κ3) is 11.8. The molecule has 0 aliphatic carbocycles. The monoisotopic (exact) mass is 780 g/mol. The van der Waals surface area contributed by atoms with Gasteiger partial charge in [-0.3, -0.25) is 19.2 Å². The van der Waals surface area contributed by atoms with Crippen molar-refractivity contribution in [2.45, 2.75) is 13.8 Å². The molecular formula is C41H40N4O12. The Hall–Kier alpha value is -7.36. The predicted octanol–water partition coefficient (Wildman–Crippen LogP) is 5.69. The lowest BCUT2D eigenvalue weighted by molar-refractivity contribution is -0.138. The van der Waals surface area contributed by atoms with Crippen molar-refractivity contribution in [3.05, 3.63) is 102 Å². The van der Waals surface area contributed by atoms with Crippen molar-refractivity contribution in [2.75, 3.05) is 55.8 Å². The average molecular weight is 781 g/mol. The number of nitrogens with zero attached hydrogens (tertiary/aromatic N) is 4. The van der Waals surface area contributed by atoms with E-state index >= 15 is 0 Å². The Morgan fingerprint density at radius 2 is 1.04 bits per heavy atom. The molecule has 0 unspecified atom stereocenters. The van der Waals surface area contributed by atoms with Crippen LogP contribution in [0.15, 0.2) is 89.3 Å². The first-order valence-electron chi connectivity index (χ1n) is 17.6. The van der Waals surface area contributed by atoms with E-state index in [1.807, 2.05) is 61.5 Å². The number of anilines is 2. The van der Waals surface area contributed by atoms with Crippen LogP contribution in [0.25, 0.3) is 35.1 Å². The molecule has 0 saturated heterocycles. The molecule has 0 fully saturated rings. The van der Waals surface area contributed by atoms with E-state index in [-0.39, 0.29) is 36.1 Å². The quantitative estimate of drug-likeness (QED) is 0.0519. The molecule has 0 amide bonds. The molecule has 0 spiro atoms. The van der Waals surface area contributed by atoms with Gasteiger partial charge in [0.25, 0.3) is 0 Å². The van der Waals surface area contributed by atoms with Crippen molar-refractivity contribution in [2.24, 2.45) is 0 Å². The van der Waals surface area contributed by atoms with Gasteiger partial charge in [-0.15, -0.1) is 10.2 Å². The van der Waals surface area contributed by atoms with Gasteiger partial charge in [0.2, 0.25) is 11.8 Å². The molecular weight excluding hydrogens is 740 g/mol. The lowest BCUT2D eigenvalue weighted by atomic mass is 10.1. The summed E-state index contributed by atoms with van der Waals surface area (Å²) in [6.45, 7) is 1.69. The van der Waals surface area contributed by atoms with Crippen LogP contribution < -0.4 is 24.0 Å². The van der Waals surface area contributed by atoms with Crippen LogP contribution in [0, 0.1) is 6.92 Å². The summed E-state index contributed by atoms with van der Waals surface area (Å²) in [6, 6.07) is 24.6. The Morgan fingerprint density at radius 3 is 1.53 bits per heavy atom. The number of carboxylic acids is 4. The molecule has 0 radical (unpaired) electrons. The van der Waals surface area contributed by atoms with E-state index in [1.54, 1.807) is 49.4 Å². The van der Waals surface area contributed by atoms with Gasteiger partial charge in [0.1, 0.15) is 56.6 Å². The maximum atomic E-state index is 11.7. The van der Waals surface area contributed by atoms with Crippen LogP contribution >= 0.6 is 0 Å². The average Bonchev–Trinajstić information content (AvgIpc) is 3.66. The second-order valence-electron chi connectivity index (χ2n) is 12.5. The summed E-state index contributed by atoms with van der Waals surface area (Å²) < 4.78 is 23.4. The molecule has 0 atom stereocenters. The normalized spacial score (nSPS) is 10.9. The fourth-order valence-electron chi connectivity index (χ4n) is 5.66. The van der Waals surface area contributed by atoms with Crippen molar-refractivity contribution >= 4 is 47.4 Å². The summed E-state index contributed by atoms with van der Waals surface area (Å²) in [5, 5.41) is 46.1. The predicted molar refractivity (Wildman–Crippen MR) is 209 cm³/mol. The minimum Gasteiger partial charge on any atom is -0.494 e. The van der Waals surface area contributed by atoms with Crippen molar-refractivity contribution in [1.82, 2.24) is 10.2 Å². The number of hydrogen-bond acceptors (Lipinski definition) is 12. The van der Waals surface area contributed by atoms with Crippen LogP contribution in [-0.2, 0) is 19.2 Å². The van der Waals surface area contributed by atoms with Gasteiger partial charge < -0.3 is 48.9 Å². The molecule has 5 rings (SSSR count). The van der Waals surface area contributed by atoms with Crippen LogP contribution in [0.3, 0.4) is 0 Å². The fourth-order valence-corrected chi connectivity index (χ4v) is 5.66. The SMILES string of the molecule is CCOc1ccc(-c2nnc(-c3ccc(/C=C/c4ccc(N(CC(=O)O)CC(=O)O)c(OCCOc5cc(C)ccc5N(CC(=O)O)CC(=O)O)c4)cc3)o2)cc1. The van der Waals surface area contributed by atoms with Gasteiger partial charge in [0.05, 0.1) is 18.0 Å². The highest BCUT2D eigenvalue weighted by Crippen LogP contribution is 2.33. The molecule has 4 N–H and O–H groups in total. The number of aryl methyl sites for hydroxylation is 1. The van der Waals surface area contributed by atoms with Gasteiger partial charge in [-0.2, -0.15) is 0 Å². The topological polar surface area (TPSA) is 222 Å². The third-order valence-corrected chi connectivity index (χ3v) is 8.15. The van der Waals surface area contributed by atoms with Gasteiger partial charge in [-0.1, -0.05) is 36.4 Å². The Labute approximate surface area is 326 Å². The second-order valence-corrected chi connectivity index (χ2v) is 12.5. The minimum atomic E-state index is -1.25. The van der Waals surface area contributed by atoms with Gasteiger partial charge in [0, 0.05) is 11.1 Å². The van der Waals surface area contributed by atoms with Gasteiger partial charge in [-0.05, 0) is 91.2 Å². The molecule has 57 heavy (non-hydrogen) atoms. The maximum absolute atomic E-state index is 11.7. The standard InChI is InChI=1S/C41H40N4O12/c1-3-54-31-14-12-30(13-15-31)41-43-42-40(57-41)29-10-7-27(8-11-29)5-6-28-9-17-33(45(24-38(50)51)25-39(52)53)35(21-28)56-19-18-55-34-20-26(2)4-16-32(34)44(22-36(46)47)23-37(48)49/h4-17,20-21H,3,18-19,22-25H2,1-2H3,(H,46,47)(H,48,49)(H,50,51)(H,52,53)/b6-5+. The third-order valence-electron chi connectivity index (χ3n) is 8.15. The van der Waals surface area contributed by atoms with Gasteiger partial charge in [0.15, 0.2) is 0 Å². The summed E-state index contributed by atoms with van der Waals surface area (Å²) in [5.74, 6) is -3.07. The fraction of sp³-hybridized carbons (Fsp3) is 0.220. The summed E-state index contributed by atoms with van der Waals surface area (Å²) in [5.41, 5.74) is 4.20. The van der Waals surface area contributed by atoms with Crippen LogP contribution in [0.2, 0.25) is 0 Å². The minimum absolute atomic E-state index is 0.0874. The van der Waals surface area contributed by atoms with E-state index < -0.39 is 50.1 Å². The van der Waals surface area contributed by atoms with Crippen molar-refractivity contribution < 1.29 is 58.2 Å². The first-order valence-corrected chi connectivity index (χ1v) is 17.6. The highest BCUT2D eigenvalue weighted by atomic mass is 16.5. The van der Waals surface area contributed by atoms with E-state index in [0.29, 0.717) is 29.5 Å². The van der Waals surface area contributed by atoms with Crippen LogP contribution in [-0.4, -0.2) is 101 Å². The zero-order valence-electron chi connectivity index (χ0n) is 31.0. The Morgan fingerprint density at radius 1 is 0.596 bits per heavy atom. The molecule has 1 heterocycles. The highest BCUT2D eigenvalue weighted by molar-refractivity contribution is 5.83. The Bertz CT molecular complexity index is 2190. The largest absolute Gasteiger partial charge is 0.494 e. The lowest BCUT2D eigenvalue weighted by Crippen LogP contribution is -2.35.